The Kier molecular flexibility index (Phi) is 3.78. The lowest BCUT2D eigenvalue weighted by molar-refractivity contribution is 0.475. The van der Waals surface area contributed by atoms with E-state index in [1.807, 2.05) is 17.8 Å². The molecule has 0 unspecified atom stereocenters. The first-order valence-electron chi connectivity index (χ1n) is 5.11. The molecule has 2 rings (SSSR count). The largest absolute Gasteiger partial charge is 0.508 e. The van der Waals surface area contributed by atoms with Crippen molar-refractivity contribution in [2.24, 2.45) is 0 Å². The molecule has 1 aliphatic rings. The molecular weight excluding hydrogens is 230 g/mol. The van der Waals surface area contributed by atoms with Gasteiger partial charge in [0.2, 0.25) is 0 Å². The Labute approximate surface area is 99.0 Å². The van der Waals surface area contributed by atoms with Gasteiger partial charge in [-0.25, -0.2) is 0 Å². The van der Waals surface area contributed by atoms with Crippen LogP contribution in [0.25, 0.3) is 0 Å². The van der Waals surface area contributed by atoms with Crippen LogP contribution in [0, 0.1) is 0 Å². The van der Waals surface area contributed by atoms with Gasteiger partial charge in [0.05, 0.1) is 5.02 Å². The highest BCUT2D eigenvalue weighted by Crippen LogP contribution is 2.35. The van der Waals surface area contributed by atoms with Gasteiger partial charge in [0.1, 0.15) is 5.75 Å². The van der Waals surface area contributed by atoms with Crippen LogP contribution in [-0.2, 0) is 0 Å². The van der Waals surface area contributed by atoms with Gasteiger partial charge in [-0.3, -0.25) is 0 Å². The SMILES string of the molecule is Oc1ccc(SC2CCNCC2)c(Cl)c1. The summed E-state index contributed by atoms with van der Waals surface area (Å²) in [5.41, 5.74) is 0. The normalized spacial score (nSPS) is 17.9. The van der Waals surface area contributed by atoms with Crippen molar-refractivity contribution in [3.05, 3.63) is 23.2 Å². The fraction of sp³-hybridized carbons (Fsp3) is 0.455. The van der Waals surface area contributed by atoms with Crippen molar-refractivity contribution in [1.29, 1.82) is 0 Å². The number of nitrogens with one attached hydrogen (secondary N) is 1. The van der Waals surface area contributed by atoms with Gasteiger partial charge in [-0.05, 0) is 44.1 Å². The Morgan fingerprint density at radius 1 is 1.33 bits per heavy atom. The number of hydrogen-bond acceptors (Lipinski definition) is 3. The Morgan fingerprint density at radius 3 is 2.73 bits per heavy atom. The van der Waals surface area contributed by atoms with Gasteiger partial charge in [-0.1, -0.05) is 11.6 Å². The van der Waals surface area contributed by atoms with E-state index in [4.69, 9.17) is 11.6 Å². The zero-order valence-electron chi connectivity index (χ0n) is 8.37. The number of benzene rings is 1. The second kappa shape index (κ2) is 5.10. The molecule has 0 spiro atoms. The predicted octanol–water partition coefficient (Wildman–Crippen LogP) is 2.89. The molecule has 0 aromatic heterocycles. The summed E-state index contributed by atoms with van der Waals surface area (Å²) in [6.07, 6.45) is 2.36. The van der Waals surface area contributed by atoms with E-state index in [-0.39, 0.29) is 5.75 Å². The van der Waals surface area contributed by atoms with Crippen LogP contribution in [0.15, 0.2) is 23.1 Å². The number of phenols is 1. The van der Waals surface area contributed by atoms with E-state index in [1.165, 1.54) is 12.8 Å². The average molecular weight is 244 g/mol. The lowest BCUT2D eigenvalue weighted by atomic mass is 10.2. The van der Waals surface area contributed by atoms with Crippen molar-refractivity contribution in [3.8, 4) is 5.75 Å². The average Bonchev–Trinajstić information content (AvgIpc) is 2.24. The van der Waals surface area contributed by atoms with Crippen molar-refractivity contribution in [2.75, 3.05) is 13.1 Å². The fourth-order valence-corrected chi connectivity index (χ4v) is 3.14. The van der Waals surface area contributed by atoms with Crippen LogP contribution in [0.4, 0.5) is 0 Å². The molecule has 1 aromatic rings. The summed E-state index contributed by atoms with van der Waals surface area (Å²) >= 11 is 7.87. The summed E-state index contributed by atoms with van der Waals surface area (Å²) in [4.78, 5) is 1.07. The van der Waals surface area contributed by atoms with Gasteiger partial charge < -0.3 is 10.4 Å². The maximum absolute atomic E-state index is 9.24. The van der Waals surface area contributed by atoms with Crippen LogP contribution < -0.4 is 5.32 Å². The highest BCUT2D eigenvalue weighted by molar-refractivity contribution is 8.00. The number of phenolic OH excluding ortho intramolecular Hbond substituents is 1. The number of halogens is 1. The molecule has 1 fully saturated rings. The quantitative estimate of drug-likeness (QED) is 0.838. The zero-order valence-corrected chi connectivity index (χ0v) is 9.94. The topological polar surface area (TPSA) is 32.3 Å². The minimum atomic E-state index is 0.231. The number of rotatable bonds is 2. The number of thioether (sulfide) groups is 1. The molecule has 1 heterocycles. The predicted molar refractivity (Wildman–Crippen MR) is 64.9 cm³/mol. The van der Waals surface area contributed by atoms with E-state index < -0.39 is 0 Å². The molecule has 0 atom stereocenters. The van der Waals surface area contributed by atoms with E-state index in [0.717, 1.165) is 18.0 Å². The monoisotopic (exact) mass is 243 g/mol. The molecule has 1 aliphatic heterocycles. The third-order valence-electron chi connectivity index (χ3n) is 2.50. The lowest BCUT2D eigenvalue weighted by Crippen LogP contribution is -2.29. The molecule has 0 radical (unpaired) electrons. The number of piperidine rings is 1. The first-order chi connectivity index (χ1) is 7.25. The van der Waals surface area contributed by atoms with Gasteiger partial charge in [0.25, 0.3) is 0 Å². The van der Waals surface area contributed by atoms with E-state index in [1.54, 1.807) is 12.1 Å². The molecule has 0 aliphatic carbocycles. The molecular formula is C11H14ClNOS. The van der Waals surface area contributed by atoms with Crippen molar-refractivity contribution < 1.29 is 5.11 Å². The van der Waals surface area contributed by atoms with Crippen LogP contribution in [0.5, 0.6) is 5.75 Å². The third kappa shape index (κ3) is 3.03. The summed E-state index contributed by atoms with van der Waals surface area (Å²) in [5, 5.41) is 13.9. The summed E-state index contributed by atoms with van der Waals surface area (Å²) in [7, 11) is 0. The van der Waals surface area contributed by atoms with Crippen molar-refractivity contribution in [1.82, 2.24) is 5.32 Å². The fourth-order valence-electron chi connectivity index (χ4n) is 1.68. The van der Waals surface area contributed by atoms with Crippen molar-refractivity contribution in [2.45, 2.75) is 23.0 Å². The summed E-state index contributed by atoms with van der Waals surface area (Å²) in [5.74, 6) is 0.231. The van der Waals surface area contributed by atoms with Crippen LogP contribution >= 0.6 is 23.4 Å². The number of hydrogen-bond donors (Lipinski definition) is 2. The summed E-state index contributed by atoms with van der Waals surface area (Å²) in [6.45, 7) is 2.18. The minimum absolute atomic E-state index is 0.231. The van der Waals surface area contributed by atoms with Gasteiger partial charge in [0.15, 0.2) is 0 Å². The Morgan fingerprint density at radius 2 is 2.07 bits per heavy atom. The van der Waals surface area contributed by atoms with Gasteiger partial charge in [-0.2, -0.15) is 0 Å². The maximum atomic E-state index is 9.24. The third-order valence-corrected chi connectivity index (χ3v) is 4.33. The first kappa shape index (κ1) is 11.1. The van der Waals surface area contributed by atoms with Crippen molar-refractivity contribution >= 4 is 23.4 Å². The Bertz CT molecular complexity index is 339. The lowest BCUT2D eigenvalue weighted by Gasteiger charge is -2.22. The molecule has 1 aromatic carbocycles. The van der Waals surface area contributed by atoms with Crippen LogP contribution in [0.3, 0.4) is 0 Å². The highest BCUT2D eigenvalue weighted by atomic mass is 35.5. The molecule has 15 heavy (non-hydrogen) atoms. The summed E-state index contributed by atoms with van der Waals surface area (Å²) in [6, 6.07) is 5.19. The Hall–Kier alpha value is -0.380. The van der Waals surface area contributed by atoms with Crippen molar-refractivity contribution in [3.63, 3.8) is 0 Å². The second-order valence-corrected chi connectivity index (χ2v) is 5.43. The molecule has 0 bridgehead atoms. The highest BCUT2D eigenvalue weighted by Gasteiger charge is 2.15. The van der Waals surface area contributed by atoms with E-state index in [2.05, 4.69) is 5.32 Å². The van der Waals surface area contributed by atoms with Gasteiger partial charge >= 0.3 is 0 Å². The standard InChI is InChI=1S/C11H14ClNOS/c12-10-7-8(14)1-2-11(10)15-9-3-5-13-6-4-9/h1-2,7,9,13-14H,3-6H2. The molecule has 2 nitrogen and oxygen atoms in total. The molecule has 2 N–H and O–H groups in total. The zero-order chi connectivity index (χ0) is 10.7. The Balaban J connectivity index is 2.03. The smallest absolute Gasteiger partial charge is 0.117 e. The van der Waals surface area contributed by atoms with Gasteiger partial charge in [-0.15, -0.1) is 11.8 Å². The molecule has 4 heteroatoms. The van der Waals surface area contributed by atoms with Gasteiger partial charge in [0, 0.05) is 10.1 Å². The molecule has 82 valence electrons. The maximum Gasteiger partial charge on any atom is 0.117 e. The molecule has 0 saturated carbocycles. The molecule has 0 amide bonds. The first-order valence-corrected chi connectivity index (χ1v) is 6.37. The van der Waals surface area contributed by atoms with Crippen LogP contribution in [-0.4, -0.2) is 23.4 Å². The number of aromatic hydroxyl groups is 1. The second-order valence-electron chi connectivity index (χ2n) is 3.68. The van der Waals surface area contributed by atoms with Crippen LogP contribution in [0.2, 0.25) is 5.02 Å². The summed E-state index contributed by atoms with van der Waals surface area (Å²) < 4.78 is 0. The molecule has 1 saturated heterocycles. The van der Waals surface area contributed by atoms with E-state index in [9.17, 15) is 5.11 Å². The van der Waals surface area contributed by atoms with E-state index >= 15 is 0 Å². The minimum Gasteiger partial charge on any atom is -0.508 e. The van der Waals surface area contributed by atoms with E-state index in [0.29, 0.717) is 10.3 Å². The van der Waals surface area contributed by atoms with Crippen LogP contribution in [0.1, 0.15) is 12.8 Å².